The zero-order valence-corrected chi connectivity index (χ0v) is 20.4. The molecule has 2 aromatic rings. The molecular weight excluding hydrogens is 559 g/mol. The summed E-state index contributed by atoms with van der Waals surface area (Å²) in [5.41, 5.74) is 0.301. The van der Waals surface area contributed by atoms with Crippen LogP contribution in [0.4, 0.5) is 27.8 Å². The van der Waals surface area contributed by atoms with Gasteiger partial charge in [-0.1, -0.05) is 0 Å². The van der Waals surface area contributed by atoms with Gasteiger partial charge in [0, 0.05) is 6.61 Å². The predicted molar refractivity (Wildman–Crippen MR) is 113 cm³/mol. The summed E-state index contributed by atoms with van der Waals surface area (Å²) < 4.78 is 114. The first-order chi connectivity index (χ1) is 17.1. The number of ether oxygens (including phenoxy) is 3. The SMILES string of the molecule is Nc1ncnc2c1ncn2[C@@H]1O[C@H](CC(F)(F)P(=O)(O)C(F)(F)P(=O)(O)O)[C@@H](OC2CCCCO2)[C@H]1F. The van der Waals surface area contributed by atoms with Crippen molar-refractivity contribution in [2.45, 2.75) is 67.6 Å². The fraction of sp³-hybridized carbons (Fsp3) is 0.706. The van der Waals surface area contributed by atoms with Crippen LogP contribution < -0.4 is 5.73 Å². The number of nitrogen functional groups attached to an aromatic ring is 1. The summed E-state index contributed by atoms with van der Waals surface area (Å²) in [6.07, 6.45) is -7.76. The van der Waals surface area contributed by atoms with Crippen LogP contribution in [0.15, 0.2) is 12.7 Å². The van der Waals surface area contributed by atoms with Crippen molar-refractivity contribution in [3.8, 4) is 0 Å². The van der Waals surface area contributed by atoms with Crippen LogP contribution >= 0.6 is 15.0 Å². The number of nitrogens with two attached hydrogens (primary N) is 1. The van der Waals surface area contributed by atoms with E-state index in [2.05, 4.69) is 15.0 Å². The molecule has 37 heavy (non-hydrogen) atoms. The number of alkyl halides is 5. The van der Waals surface area contributed by atoms with Crippen molar-refractivity contribution in [2.24, 2.45) is 0 Å². The molecule has 0 bridgehead atoms. The third-order valence-corrected chi connectivity index (χ3v) is 10.1. The Hall–Kier alpha value is -1.78. The number of hydrogen-bond acceptors (Lipinski definition) is 9. The maximum absolute atomic E-state index is 15.7. The van der Waals surface area contributed by atoms with Crippen LogP contribution in [-0.4, -0.2) is 76.5 Å². The number of imidazole rings is 1. The Morgan fingerprint density at radius 3 is 2.49 bits per heavy atom. The number of nitrogens with zero attached hydrogens (tertiary/aromatic N) is 4. The first-order valence-electron chi connectivity index (χ1n) is 10.7. The lowest BCUT2D eigenvalue weighted by Gasteiger charge is -2.32. The highest BCUT2D eigenvalue weighted by Gasteiger charge is 2.74. The Morgan fingerprint density at radius 1 is 1.16 bits per heavy atom. The van der Waals surface area contributed by atoms with E-state index in [-0.39, 0.29) is 30.0 Å². The van der Waals surface area contributed by atoms with Crippen LogP contribution in [0.1, 0.15) is 31.9 Å². The van der Waals surface area contributed by atoms with E-state index >= 15 is 4.39 Å². The van der Waals surface area contributed by atoms with E-state index in [1.165, 1.54) is 0 Å². The molecule has 5 N–H and O–H groups in total. The quantitative estimate of drug-likeness (QED) is 0.264. The fourth-order valence-electron chi connectivity index (χ4n) is 4.03. The van der Waals surface area contributed by atoms with Crippen LogP contribution in [0.3, 0.4) is 0 Å². The summed E-state index contributed by atoms with van der Waals surface area (Å²) in [7, 11) is -14.1. The second kappa shape index (κ2) is 9.75. The number of anilines is 1. The van der Waals surface area contributed by atoms with E-state index < -0.39 is 63.4 Å². The Bertz CT molecular complexity index is 1240. The average molecular weight is 581 g/mol. The standard InChI is InChI=1S/C17H22F5N5O8P2/c18-10-12(35-9-3-1-2-4-33-9)8(5-16(19,20)36(28,29)17(21,22)37(30,31)32)34-15(10)27-7-26-11-13(23)24-6-25-14(11)27/h6-10,12,15H,1-5H2,(H,28,29)(H2,23,24,25)(H2,30,31,32)/t8-,9?,10-,12-,15-/m1/s1. The zero-order valence-electron chi connectivity index (χ0n) is 18.6. The topological polar surface area (TPSA) is 192 Å². The van der Waals surface area contributed by atoms with Gasteiger partial charge in [0.25, 0.3) is 0 Å². The van der Waals surface area contributed by atoms with Crippen molar-refractivity contribution in [1.82, 2.24) is 19.5 Å². The van der Waals surface area contributed by atoms with Gasteiger partial charge in [0.05, 0.1) is 18.9 Å². The number of fused-ring (bicyclic) bond motifs is 1. The molecule has 2 aromatic heterocycles. The van der Waals surface area contributed by atoms with Crippen LogP contribution in [0.25, 0.3) is 11.2 Å². The molecule has 0 spiro atoms. The van der Waals surface area contributed by atoms with Gasteiger partial charge in [0.1, 0.15) is 17.9 Å². The minimum absolute atomic E-state index is 0.0151. The monoisotopic (exact) mass is 581 g/mol. The molecule has 13 nitrogen and oxygen atoms in total. The van der Waals surface area contributed by atoms with Crippen molar-refractivity contribution in [2.75, 3.05) is 12.3 Å². The number of halogens is 5. The van der Waals surface area contributed by atoms with E-state index in [9.17, 15) is 31.6 Å². The third kappa shape index (κ3) is 4.89. The predicted octanol–water partition coefficient (Wildman–Crippen LogP) is 2.54. The molecule has 4 heterocycles. The lowest BCUT2D eigenvalue weighted by atomic mass is 10.1. The molecule has 4 rings (SSSR count). The molecule has 2 unspecified atom stereocenters. The van der Waals surface area contributed by atoms with Gasteiger partial charge in [-0.2, -0.15) is 17.6 Å². The molecule has 2 aliphatic rings. The maximum Gasteiger partial charge on any atom is 0.423 e. The van der Waals surface area contributed by atoms with E-state index in [0.29, 0.717) is 12.8 Å². The highest BCUT2D eigenvalue weighted by molar-refractivity contribution is 7.75. The van der Waals surface area contributed by atoms with Crippen LogP contribution in [0, 0.1) is 0 Å². The van der Waals surface area contributed by atoms with Crippen molar-refractivity contribution in [3.05, 3.63) is 12.7 Å². The van der Waals surface area contributed by atoms with Gasteiger partial charge in [-0.15, -0.1) is 0 Å². The highest BCUT2D eigenvalue weighted by atomic mass is 31.2. The highest BCUT2D eigenvalue weighted by Crippen LogP contribution is 2.79. The molecule has 2 fully saturated rings. The summed E-state index contributed by atoms with van der Waals surface area (Å²) in [6.45, 7) is 0.210. The van der Waals surface area contributed by atoms with Gasteiger partial charge >= 0.3 is 26.0 Å². The first-order valence-corrected chi connectivity index (χ1v) is 14.0. The summed E-state index contributed by atoms with van der Waals surface area (Å²) in [5.74, 6) is -0.0930. The third-order valence-electron chi connectivity index (χ3n) is 5.98. The van der Waals surface area contributed by atoms with Crippen molar-refractivity contribution < 1.29 is 60.0 Å². The molecule has 0 aliphatic carbocycles. The molecule has 208 valence electrons. The summed E-state index contributed by atoms with van der Waals surface area (Å²) in [4.78, 5) is 38.6. The summed E-state index contributed by atoms with van der Waals surface area (Å²) in [6, 6.07) is 0. The number of hydrogen-bond donors (Lipinski definition) is 4. The average Bonchev–Trinajstić information content (AvgIpc) is 3.36. The van der Waals surface area contributed by atoms with E-state index in [1.807, 2.05) is 0 Å². The summed E-state index contributed by atoms with van der Waals surface area (Å²) in [5, 5.41) is -5.99. The second-order valence-electron chi connectivity index (χ2n) is 8.49. The Labute approximate surface area is 204 Å². The van der Waals surface area contributed by atoms with E-state index in [0.717, 1.165) is 17.2 Å². The normalized spacial score (nSPS) is 29.5. The van der Waals surface area contributed by atoms with Gasteiger partial charge in [0.2, 0.25) is 0 Å². The van der Waals surface area contributed by atoms with E-state index in [1.54, 1.807) is 0 Å². The molecule has 2 aliphatic heterocycles. The number of rotatable bonds is 8. The lowest BCUT2D eigenvalue weighted by molar-refractivity contribution is -0.207. The largest absolute Gasteiger partial charge is 0.423 e. The maximum atomic E-state index is 15.7. The summed E-state index contributed by atoms with van der Waals surface area (Å²) >= 11 is 0. The molecule has 6 atom stereocenters. The minimum Gasteiger partial charge on any atom is -0.382 e. The van der Waals surface area contributed by atoms with Crippen LogP contribution in [0.5, 0.6) is 0 Å². The van der Waals surface area contributed by atoms with Gasteiger partial charge in [-0.05, 0) is 19.3 Å². The second-order valence-corrected chi connectivity index (χ2v) is 12.9. The van der Waals surface area contributed by atoms with Gasteiger partial charge in [-0.3, -0.25) is 13.7 Å². The lowest BCUT2D eigenvalue weighted by Crippen LogP contribution is -2.41. The van der Waals surface area contributed by atoms with Crippen LogP contribution in [-0.2, 0) is 23.3 Å². The minimum atomic E-state index is -7.26. The molecule has 20 heteroatoms. The fourth-order valence-corrected chi connectivity index (χ4v) is 6.71. The Morgan fingerprint density at radius 2 is 1.86 bits per heavy atom. The van der Waals surface area contributed by atoms with Crippen molar-refractivity contribution in [1.29, 1.82) is 0 Å². The molecule has 2 saturated heterocycles. The first kappa shape index (κ1) is 28.2. The van der Waals surface area contributed by atoms with Crippen LogP contribution in [0.2, 0.25) is 0 Å². The Kier molecular flexibility index (Phi) is 7.44. The molecule has 0 radical (unpaired) electrons. The van der Waals surface area contributed by atoms with Gasteiger partial charge in [-0.25, -0.2) is 19.3 Å². The molecule has 0 aromatic carbocycles. The van der Waals surface area contributed by atoms with Gasteiger partial charge in [0.15, 0.2) is 30.2 Å². The smallest absolute Gasteiger partial charge is 0.382 e. The van der Waals surface area contributed by atoms with E-state index in [4.69, 9.17) is 29.7 Å². The number of aromatic nitrogens is 4. The van der Waals surface area contributed by atoms with Gasteiger partial charge < -0.3 is 34.6 Å². The molecule has 0 amide bonds. The zero-order chi connectivity index (χ0) is 27.4. The van der Waals surface area contributed by atoms with Crippen molar-refractivity contribution >= 4 is 31.9 Å². The molecular formula is C17H22F5N5O8P2. The molecule has 0 saturated carbocycles. The van der Waals surface area contributed by atoms with Crippen molar-refractivity contribution in [3.63, 3.8) is 0 Å². The Balaban J connectivity index is 1.68.